The van der Waals surface area contributed by atoms with Crippen LogP contribution < -0.4 is 4.72 Å². The molecule has 1 aliphatic carbocycles. The quantitative estimate of drug-likeness (QED) is 0.517. The van der Waals surface area contributed by atoms with Crippen molar-refractivity contribution in [1.82, 2.24) is 8.43 Å². The van der Waals surface area contributed by atoms with Gasteiger partial charge in [0.2, 0.25) is 0 Å². The van der Waals surface area contributed by atoms with Crippen LogP contribution in [0.5, 0.6) is 0 Å². The summed E-state index contributed by atoms with van der Waals surface area (Å²) in [4.78, 5) is 0. The Kier molecular flexibility index (Phi) is 8.20. The van der Waals surface area contributed by atoms with E-state index in [-0.39, 0.29) is 0 Å². The summed E-state index contributed by atoms with van der Waals surface area (Å²) in [6.45, 7) is 2.37. The van der Waals surface area contributed by atoms with Crippen molar-refractivity contribution in [3.8, 4) is 0 Å². The number of hydrogen-bond acceptors (Lipinski definition) is 4. The van der Waals surface area contributed by atoms with Crippen LogP contribution in [-0.4, -0.2) is 33.5 Å². The third-order valence-electron chi connectivity index (χ3n) is 3.57. The Morgan fingerprint density at radius 2 is 1.85 bits per heavy atom. The van der Waals surface area contributed by atoms with Crippen molar-refractivity contribution >= 4 is 21.5 Å². The Hall–Kier alpha value is -0.0200. The SMILES string of the molecule is CCCCCCNS(=O)(=O)N(C1CCCCC1)S(=O)[O-]. The van der Waals surface area contributed by atoms with Crippen LogP contribution in [0.15, 0.2) is 0 Å². The molecule has 1 fully saturated rings. The second-order valence-electron chi connectivity index (χ2n) is 5.22. The van der Waals surface area contributed by atoms with E-state index in [0.29, 0.717) is 23.1 Å². The lowest BCUT2D eigenvalue weighted by molar-refractivity contribution is 0.319. The predicted octanol–water partition coefficient (Wildman–Crippen LogP) is 1.83. The number of nitrogens with one attached hydrogen (secondary N) is 1. The van der Waals surface area contributed by atoms with Crippen LogP contribution in [0.4, 0.5) is 0 Å². The fourth-order valence-electron chi connectivity index (χ4n) is 2.51. The minimum atomic E-state index is -3.94. The smallest absolute Gasteiger partial charge is 0.290 e. The highest BCUT2D eigenvalue weighted by atomic mass is 32.3. The molecule has 1 saturated carbocycles. The van der Waals surface area contributed by atoms with E-state index in [1.54, 1.807) is 0 Å². The van der Waals surface area contributed by atoms with Crippen LogP contribution in [0.1, 0.15) is 64.7 Å². The van der Waals surface area contributed by atoms with Crippen LogP contribution in [0.3, 0.4) is 0 Å². The van der Waals surface area contributed by atoms with E-state index >= 15 is 0 Å². The first-order valence-electron chi connectivity index (χ1n) is 7.37. The Labute approximate surface area is 124 Å². The van der Waals surface area contributed by atoms with Gasteiger partial charge in [-0.2, -0.15) is 8.42 Å². The molecular weight excluding hydrogens is 300 g/mol. The van der Waals surface area contributed by atoms with Crippen molar-refractivity contribution in [2.24, 2.45) is 0 Å². The van der Waals surface area contributed by atoms with Crippen molar-refractivity contribution in [3.63, 3.8) is 0 Å². The zero-order valence-corrected chi connectivity index (χ0v) is 13.7. The molecule has 0 aliphatic heterocycles. The largest absolute Gasteiger partial charge is 0.759 e. The second kappa shape index (κ2) is 9.09. The summed E-state index contributed by atoms with van der Waals surface area (Å²) in [6.07, 6.45) is 7.84. The first-order chi connectivity index (χ1) is 9.49. The van der Waals surface area contributed by atoms with Crippen molar-refractivity contribution in [1.29, 1.82) is 0 Å². The molecule has 6 nitrogen and oxygen atoms in total. The van der Waals surface area contributed by atoms with Gasteiger partial charge in [-0.05, 0) is 19.3 Å². The molecule has 0 amide bonds. The summed E-state index contributed by atoms with van der Waals surface area (Å²) >= 11 is -2.75. The molecule has 1 aliphatic rings. The average molecular weight is 325 g/mol. The van der Waals surface area contributed by atoms with E-state index < -0.39 is 27.5 Å². The highest BCUT2D eigenvalue weighted by molar-refractivity contribution is 7.98. The Bertz CT molecular complexity index is 394. The molecule has 0 saturated heterocycles. The minimum absolute atomic E-state index is 0.294. The molecule has 120 valence electrons. The maximum atomic E-state index is 12.1. The highest BCUT2D eigenvalue weighted by Crippen LogP contribution is 2.25. The summed E-state index contributed by atoms with van der Waals surface area (Å²) in [7, 11) is -3.94. The van der Waals surface area contributed by atoms with Gasteiger partial charge in [0.1, 0.15) is 0 Å². The van der Waals surface area contributed by atoms with Crippen LogP contribution in [0, 0.1) is 0 Å². The first kappa shape index (κ1) is 18.0. The normalized spacial score (nSPS) is 19.4. The molecule has 0 aromatic heterocycles. The molecule has 1 unspecified atom stereocenters. The standard InChI is InChI=1S/C12H26N2O4S2/c1-2-3-4-8-11-13-20(17,18)14(19(15)16)12-9-6-5-7-10-12/h12-13H,2-11H2,1H3,(H,15,16)/p-1. The second-order valence-corrected chi connectivity index (χ2v) is 7.92. The lowest BCUT2D eigenvalue weighted by Gasteiger charge is -2.33. The van der Waals surface area contributed by atoms with Crippen molar-refractivity contribution < 1.29 is 17.2 Å². The monoisotopic (exact) mass is 325 g/mol. The lowest BCUT2D eigenvalue weighted by Crippen LogP contribution is -2.48. The van der Waals surface area contributed by atoms with Gasteiger partial charge in [-0.25, -0.2) is 4.72 Å². The fraction of sp³-hybridized carbons (Fsp3) is 1.00. The zero-order valence-electron chi connectivity index (χ0n) is 12.0. The third kappa shape index (κ3) is 5.77. The van der Waals surface area contributed by atoms with Crippen molar-refractivity contribution in [3.05, 3.63) is 0 Å². The Morgan fingerprint density at radius 3 is 2.40 bits per heavy atom. The van der Waals surface area contributed by atoms with E-state index in [9.17, 15) is 17.2 Å². The van der Waals surface area contributed by atoms with Crippen molar-refractivity contribution in [2.45, 2.75) is 70.8 Å². The van der Waals surface area contributed by atoms with Gasteiger partial charge in [0.15, 0.2) is 0 Å². The van der Waals surface area contributed by atoms with Gasteiger partial charge in [0.05, 0.1) is 0 Å². The molecule has 1 N–H and O–H groups in total. The average Bonchev–Trinajstić information content (AvgIpc) is 2.39. The number of nitrogens with zero attached hydrogens (tertiary/aromatic N) is 1. The molecule has 0 spiro atoms. The van der Waals surface area contributed by atoms with E-state index in [1.807, 2.05) is 0 Å². The van der Waals surface area contributed by atoms with Gasteiger partial charge < -0.3 is 4.55 Å². The summed E-state index contributed by atoms with van der Waals surface area (Å²) in [5.74, 6) is 0. The summed E-state index contributed by atoms with van der Waals surface area (Å²) < 4.78 is 49.9. The van der Waals surface area contributed by atoms with Gasteiger partial charge in [-0.15, -0.1) is 3.71 Å². The fourth-order valence-corrected chi connectivity index (χ4v) is 4.89. The Balaban J connectivity index is 2.57. The van der Waals surface area contributed by atoms with E-state index in [1.165, 1.54) is 0 Å². The topological polar surface area (TPSA) is 89.5 Å². The molecule has 0 heterocycles. The summed E-state index contributed by atoms with van der Waals surface area (Å²) in [5.41, 5.74) is 0. The van der Waals surface area contributed by atoms with Crippen LogP contribution >= 0.6 is 0 Å². The van der Waals surface area contributed by atoms with E-state index in [2.05, 4.69) is 11.6 Å². The predicted molar refractivity (Wildman–Crippen MR) is 78.7 cm³/mol. The van der Waals surface area contributed by atoms with E-state index in [4.69, 9.17) is 0 Å². The first-order valence-corrected chi connectivity index (χ1v) is 9.84. The Morgan fingerprint density at radius 1 is 1.20 bits per heavy atom. The maximum absolute atomic E-state index is 12.1. The molecule has 0 radical (unpaired) electrons. The molecule has 1 atom stereocenters. The van der Waals surface area contributed by atoms with Crippen LogP contribution in [0.25, 0.3) is 0 Å². The van der Waals surface area contributed by atoms with Gasteiger partial charge in [0.25, 0.3) is 10.2 Å². The van der Waals surface area contributed by atoms with Gasteiger partial charge in [-0.3, -0.25) is 4.21 Å². The summed E-state index contributed by atoms with van der Waals surface area (Å²) in [5, 5.41) is 0. The third-order valence-corrected chi connectivity index (χ3v) is 6.46. The molecule has 0 bridgehead atoms. The van der Waals surface area contributed by atoms with E-state index in [0.717, 1.165) is 44.9 Å². The van der Waals surface area contributed by atoms with Gasteiger partial charge >= 0.3 is 0 Å². The van der Waals surface area contributed by atoms with Crippen LogP contribution in [0.2, 0.25) is 0 Å². The molecule has 0 aromatic carbocycles. The number of unbranched alkanes of at least 4 members (excludes halogenated alkanes) is 3. The van der Waals surface area contributed by atoms with Gasteiger partial charge in [0, 0.05) is 23.9 Å². The molecular formula is C12H25N2O4S2-. The van der Waals surface area contributed by atoms with Crippen molar-refractivity contribution in [2.75, 3.05) is 6.54 Å². The van der Waals surface area contributed by atoms with Crippen LogP contribution in [-0.2, 0) is 21.5 Å². The molecule has 8 heteroatoms. The lowest BCUT2D eigenvalue weighted by atomic mass is 9.96. The zero-order chi connectivity index (χ0) is 15.0. The van der Waals surface area contributed by atoms with Gasteiger partial charge in [-0.1, -0.05) is 45.4 Å². The minimum Gasteiger partial charge on any atom is -0.759 e. The molecule has 1 rings (SSSR count). The maximum Gasteiger partial charge on any atom is 0.290 e. The molecule has 20 heavy (non-hydrogen) atoms. The summed E-state index contributed by atoms with van der Waals surface area (Å²) in [6, 6.07) is -0.421. The number of hydrogen-bond donors (Lipinski definition) is 1. The highest BCUT2D eigenvalue weighted by Gasteiger charge is 2.31. The number of rotatable bonds is 9. The molecule has 0 aromatic rings.